The van der Waals surface area contributed by atoms with Gasteiger partial charge in [-0.05, 0) is 79.0 Å². The maximum Gasteiger partial charge on any atom is 0.175 e. The molecule has 0 saturated carbocycles. The molecule has 0 heterocycles. The van der Waals surface area contributed by atoms with E-state index in [-0.39, 0.29) is 6.10 Å². The molecule has 0 radical (unpaired) electrons. The molecule has 0 bridgehead atoms. The van der Waals surface area contributed by atoms with Crippen molar-refractivity contribution >= 4 is 33.2 Å². The zero-order valence-electron chi connectivity index (χ0n) is 14.5. The van der Waals surface area contributed by atoms with Crippen molar-refractivity contribution in [1.82, 2.24) is 0 Å². The molecule has 0 aliphatic rings. The lowest BCUT2D eigenvalue weighted by molar-refractivity contribution is 0.222. The molecule has 0 aromatic heterocycles. The van der Waals surface area contributed by atoms with E-state index in [1.165, 1.54) is 0 Å². The molecule has 2 aromatic carbocycles. The Hall–Kier alpha value is -1.39. The van der Waals surface area contributed by atoms with Gasteiger partial charge in [-0.3, -0.25) is 0 Å². The summed E-state index contributed by atoms with van der Waals surface area (Å²) in [5.74, 6) is 1.49. The van der Waals surface area contributed by atoms with Gasteiger partial charge in [-0.2, -0.15) is 0 Å². The molecule has 0 spiro atoms. The summed E-state index contributed by atoms with van der Waals surface area (Å²) in [6.07, 6.45) is 0.0826. The molecular weight excluding hydrogens is 390 g/mol. The lowest BCUT2D eigenvalue weighted by atomic mass is 10.1. The van der Waals surface area contributed by atoms with Crippen LogP contribution in [0.5, 0.6) is 11.5 Å². The van der Waals surface area contributed by atoms with Gasteiger partial charge in [0.05, 0.1) is 17.2 Å². The minimum Gasteiger partial charge on any atom is -0.490 e. The second-order valence-electron chi connectivity index (χ2n) is 5.82. The van der Waals surface area contributed by atoms with E-state index in [0.29, 0.717) is 13.2 Å². The molecule has 0 aliphatic heterocycles. The number of halogens is 2. The quantitative estimate of drug-likeness (QED) is 0.586. The highest BCUT2D eigenvalue weighted by Gasteiger charge is 2.13. The van der Waals surface area contributed by atoms with Gasteiger partial charge in [0.25, 0.3) is 0 Å². The van der Waals surface area contributed by atoms with E-state index in [1.807, 2.05) is 58.0 Å². The van der Waals surface area contributed by atoms with Crippen molar-refractivity contribution in [2.75, 3.05) is 11.9 Å². The highest BCUT2D eigenvalue weighted by atomic mass is 79.9. The smallest absolute Gasteiger partial charge is 0.175 e. The Labute approximate surface area is 157 Å². The third-order valence-electron chi connectivity index (χ3n) is 3.39. The monoisotopic (exact) mass is 411 g/mol. The van der Waals surface area contributed by atoms with E-state index in [9.17, 15) is 0 Å². The third-order valence-corrected chi connectivity index (χ3v) is 4.39. The first-order valence-electron chi connectivity index (χ1n) is 8.02. The van der Waals surface area contributed by atoms with Crippen molar-refractivity contribution in [2.24, 2.45) is 0 Å². The molecule has 1 N–H and O–H groups in total. The summed E-state index contributed by atoms with van der Waals surface area (Å²) in [4.78, 5) is 0. The van der Waals surface area contributed by atoms with E-state index < -0.39 is 0 Å². The number of hydrogen-bond acceptors (Lipinski definition) is 3. The summed E-state index contributed by atoms with van der Waals surface area (Å²) in [5, 5.41) is 4.15. The first-order valence-corrected chi connectivity index (χ1v) is 9.19. The normalized spacial score (nSPS) is 10.8. The predicted octanol–water partition coefficient (Wildman–Crippen LogP) is 6.21. The summed E-state index contributed by atoms with van der Waals surface area (Å²) in [5.41, 5.74) is 3.15. The average Bonchev–Trinajstić information content (AvgIpc) is 2.52. The van der Waals surface area contributed by atoms with E-state index in [4.69, 9.17) is 21.1 Å². The Morgan fingerprint density at radius 2 is 1.96 bits per heavy atom. The fraction of sp³-hybridized carbons (Fsp3) is 0.368. The maximum absolute atomic E-state index is 6.17. The lowest BCUT2D eigenvalue weighted by Crippen LogP contribution is -2.09. The Morgan fingerprint density at radius 3 is 2.58 bits per heavy atom. The van der Waals surface area contributed by atoms with E-state index in [0.717, 1.165) is 37.8 Å². The Bertz CT molecular complexity index is 704. The molecular formula is C19H23BrClNO2. The molecule has 0 unspecified atom stereocenters. The number of ether oxygens (including phenoxy) is 2. The average molecular weight is 413 g/mol. The molecule has 2 aromatic rings. The minimum absolute atomic E-state index is 0.0826. The molecule has 3 nitrogen and oxygen atoms in total. The third kappa shape index (κ3) is 5.05. The van der Waals surface area contributed by atoms with Crippen LogP contribution in [-0.4, -0.2) is 12.7 Å². The van der Waals surface area contributed by atoms with E-state index in [2.05, 4.69) is 21.2 Å². The van der Waals surface area contributed by atoms with Crippen LogP contribution in [0.3, 0.4) is 0 Å². The first-order chi connectivity index (χ1) is 11.4. The van der Waals surface area contributed by atoms with Crippen molar-refractivity contribution in [3.05, 3.63) is 51.0 Å². The van der Waals surface area contributed by atoms with Crippen LogP contribution in [0.4, 0.5) is 5.69 Å². The Balaban J connectivity index is 2.19. The fourth-order valence-corrected chi connectivity index (χ4v) is 3.01. The Kier molecular flexibility index (Phi) is 6.81. The lowest BCUT2D eigenvalue weighted by Gasteiger charge is -2.18. The molecule has 130 valence electrons. The molecule has 0 aliphatic carbocycles. The van der Waals surface area contributed by atoms with Crippen LogP contribution in [0.25, 0.3) is 0 Å². The summed E-state index contributed by atoms with van der Waals surface area (Å²) in [6.45, 7) is 9.21. The number of anilines is 1. The van der Waals surface area contributed by atoms with Crippen LogP contribution >= 0.6 is 27.5 Å². The topological polar surface area (TPSA) is 30.5 Å². The van der Waals surface area contributed by atoms with Crippen LogP contribution < -0.4 is 14.8 Å². The highest BCUT2D eigenvalue weighted by Crippen LogP contribution is 2.37. The second-order valence-corrected chi connectivity index (χ2v) is 7.08. The summed E-state index contributed by atoms with van der Waals surface area (Å²) in [6, 6.07) is 10.0. The van der Waals surface area contributed by atoms with E-state index in [1.54, 1.807) is 0 Å². The largest absolute Gasteiger partial charge is 0.490 e. The van der Waals surface area contributed by atoms with Crippen molar-refractivity contribution in [2.45, 2.75) is 40.3 Å². The summed E-state index contributed by atoms with van der Waals surface area (Å²) in [7, 11) is 0. The molecule has 24 heavy (non-hydrogen) atoms. The highest BCUT2D eigenvalue weighted by molar-refractivity contribution is 9.10. The predicted molar refractivity (Wildman–Crippen MR) is 105 cm³/mol. The molecule has 0 saturated heterocycles. The fourth-order valence-electron chi connectivity index (χ4n) is 2.24. The number of nitrogens with one attached hydrogen (secondary N) is 1. The second kappa shape index (κ2) is 8.63. The van der Waals surface area contributed by atoms with Gasteiger partial charge in [-0.1, -0.05) is 17.7 Å². The zero-order chi connectivity index (χ0) is 17.7. The molecule has 5 heteroatoms. The van der Waals surface area contributed by atoms with Crippen LogP contribution in [-0.2, 0) is 6.54 Å². The van der Waals surface area contributed by atoms with Crippen molar-refractivity contribution in [3.8, 4) is 11.5 Å². The number of rotatable bonds is 7. The van der Waals surface area contributed by atoms with Gasteiger partial charge in [0, 0.05) is 17.3 Å². The van der Waals surface area contributed by atoms with Gasteiger partial charge in [0.1, 0.15) is 0 Å². The van der Waals surface area contributed by atoms with Gasteiger partial charge >= 0.3 is 0 Å². The molecule has 0 atom stereocenters. The van der Waals surface area contributed by atoms with Gasteiger partial charge in [0.15, 0.2) is 11.5 Å². The number of benzene rings is 2. The molecule has 0 fully saturated rings. The molecule has 0 amide bonds. The number of aryl methyl sites for hydroxylation is 1. The van der Waals surface area contributed by atoms with Crippen LogP contribution in [0, 0.1) is 6.92 Å². The van der Waals surface area contributed by atoms with Gasteiger partial charge in [-0.15, -0.1) is 0 Å². The van der Waals surface area contributed by atoms with Crippen molar-refractivity contribution in [3.63, 3.8) is 0 Å². The standard InChI is InChI=1S/C19H23BrClNO2/c1-5-23-18-9-14(8-16(20)19(18)24-12(2)3)11-22-15-7-6-13(4)17(21)10-15/h6-10,12,22H,5,11H2,1-4H3. The van der Waals surface area contributed by atoms with Crippen LogP contribution in [0.2, 0.25) is 5.02 Å². The molecule has 2 rings (SSSR count). The zero-order valence-corrected chi connectivity index (χ0v) is 16.8. The SMILES string of the molecule is CCOc1cc(CNc2ccc(C)c(Cl)c2)cc(Br)c1OC(C)C. The van der Waals surface area contributed by atoms with Crippen LogP contribution in [0.1, 0.15) is 31.9 Å². The van der Waals surface area contributed by atoms with Gasteiger partial charge in [0.2, 0.25) is 0 Å². The Morgan fingerprint density at radius 1 is 1.21 bits per heavy atom. The van der Waals surface area contributed by atoms with Gasteiger partial charge in [-0.25, -0.2) is 0 Å². The van der Waals surface area contributed by atoms with Gasteiger partial charge < -0.3 is 14.8 Å². The number of hydrogen-bond donors (Lipinski definition) is 1. The minimum atomic E-state index is 0.0826. The summed E-state index contributed by atoms with van der Waals surface area (Å²) < 4.78 is 12.5. The maximum atomic E-state index is 6.17. The van der Waals surface area contributed by atoms with Crippen molar-refractivity contribution < 1.29 is 9.47 Å². The summed E-state index contributed by atoms with van der Waals surface area (Å²) >= 11 is 9.76. The van der Waals surface area contributed by atoms with Crippen molar-refractivity contribution in [1.29, 1.82) is 0 Å². The van der Waals surface area contributed by atoms with Crippen LogP contribution in [0.15, 0.2) is 34.8 Å². The first kappa shape index (κ1) is 18.9. The van der Waals surface area contributed by atoms with E-state index >= 15 is 0 Å².